The number of hydrogen-bond acceptors (Lipinski definition) is 1. The Morgan fingerprint density at radius 1 is 1.47 bits per heavy atom. The molecule has 1 fully saturated rings. The lowest BCUT2D eigenvalue weighted by molar-refractivity contribution is -0.119. The van der Waals surface area contributed by atoms with Gasteiger partial charge in [-0.05, 0) is 49.4 Å². The van der Waals surface area contributed by atoms with Crippen LogP contribution >= 0.6 is 0 Å². The second-order valence-electron chi connectivity index (χ2n) is 4.42. The van der Waals surface area contributed by atoms with Gasteiger partial charge in [-0.1, -0.05) is 6.07 Å². The molecule has 77 valence electrons. The molecule has 1 aromatic carbocycles. The summed E-state index contributed by atoms with van der Waals surface area (Å²) in [6, 6.07) is 9.03. The van der Waals surface area contributed by atoms with Gasteiger partial charge in [0.1, 0.15) is 0 Å². The lowest BCUT2D eigenvalue weighted by atomic mass is 10.0. The van der Waals surface area contributed by atoms with E-state index in [0.29, 0.717) is 11.8 Å². The van der Waals surface area contributed by atoms with Crippen LogP contribution in [0.4, 0.5) is 5.69 Å². The summed E-state index contributed by atoms with van der Waals surface area (Å²) in [6.07, 6.45) is 4.34. The van der Waals surface area contributed by atoms with Gasteiger partial charge < -0.3 is 4.90 Å². The van der Waals surface area contributed by atoms with Crippen molar-refractivity contribution < 1.29 is 4.79 Å². The zero-order valence-corrected chi connectivity index (χ0v) is 8.70. The Kier molecular flexibility index (Phi) is 2.01. The maximum Gasteiger partial charge on any atom is 0.230 e. The van der Waals surface area contributed by atoms with Gasteiger partial charge in [0.15, 0.2) is 0 Å². The Balaban J connectivity index is 1.94. The number of anilines is 1. The molecular weight excluding hydrogens is 186 g/mol. The maximum atomic E-state index is 12.0. The van der Waals surface area contributed by atoms with E-state index in [4.69, 9.17) is 0 Å². The molecule has 1 saturated carbocycles. The number of benzene rings is 1. The molecule has 1 aromatic rings. The number of fused-ring (bicyclic) bond motifs is 1. The smallest absolute Gasteiger partial charge is 0.230 e. The zero-order chi connectivity index (χ0) is 10.3. The van der Waals surface area contributed by atoms with Crippen molar-refractivity contribution in [3.63, 3.8) is 0 Å². The minimum absolute atomic E-state index is 0.320. The van der Waals surface area contributed by atoms with Crippen LogP contribution < -0.4 is 4.90 Å². The zero-order valence-electron chi connectivity index (χ0n) is 8.70. The van der Waals surface area contributed by atoms with Crippen LogP contribution in [-0.4, -0.2) is 12.5 Å². The molecule has 15 heavy (non-hydrogen) atoms. The molecule has 2 aliphatic rings. The third-order valence-corrected chi connectivity index (χ3v) is 3.24. The number of amides is 1. The van der Waals surface area contributed by atoms with Gasteiger partial charge in [-0.25, -0.2) is 0 Å². The first-order chi connectivity index (χ1) is 7.36. The van der Waals surface area contributed by atoms with Crippen LogP contribution in [0.15, 0.2) is 18.2 Å². The Hall–Kier alpha value is -1.31. The van der Waals surface area contributed by atoms with Gasteiger partial charge in [0.2, 0.25) is 5.91 Å². The molecule has 2 nitrogen and oxygen atoms in total. The number of aryl methyl sites for hydroxylation is 1. The van der Waals surface area contributed by atoms with E-state index >= 15 is 0 Å². The monoisotopic (exact) mass is 200 g/mol. The van der Waals surface area contributed by atoms with Crippen LogP contribution in [0.1, 0.15) is 24.8 Å². The Morgan fingerprint density at radius 3 is 3.13 bits per heavy atom. The summed E-state index contributed by atoms with van der Waals surface area (Å²) < 4.78 is 0. The molecule has 0 spiro atoms. The first-order valence-corrected chi connectivity index (χ1v) is 5.66. The molecule has 0 unspecified atom stereocenters. The van der Waals surface area contributed by atoms with E-state index in [1.54, 1.807) is 0 Å². The fourth-order valence-corrected chi connectivity index (χ4v) is 2.25. The van der Waals surface area contributed by atoms with Gasteiger partial charge in [0, 0.05) is 18.2 Å². The van der Waals surface area contributed by atoms with Crippen molar-refractivity contribution in [2.75, 3.05) is 11.4 Å². The number of rotatable bonds is 1. The number of carbonyl (C=O) groups excluding carboxylic acids is 1. The van der Waals surface area contributed by atoms with Crippen molar-refractivity contribution in [3.8, 4) is 0 Å². The van der Waals surface area contributed by atoms with Crippen molar-refractivity contribution in [2.45, 2.75) is 25.7 Å². The average molecular weight is 200 g/mol. The third kappa shape index (κ3) is 1.54. The molecule has 0 aromatic heterocycles. The molecule has 0 bridgehead atoms. The predicted molar refractivity (Wildman–Crippen MR) is 58.7 cm³/mol. The van der Waals surface area contributed by atoms with Gasteiger partial charge in [0.25, 0.3) is 0 Å². The van der Waals surface area contributed by atoms with Crippen LogP contribution in [0.5, 0.6) is 0 Å². The molecule has 1 amide bonds. The van der Waals surface area contributed by atoms with Gasteiger partial charge in [0.05, 0.1) is 0 Å². The van der Waals surface area contributed by atoms with E-state index in [0.717, 1.165) is 37.9 Å². The minimum Gasteiger partial charge on any atom is -0.312 e. The maximum absolute atomic E-state index is 12.0. The second kappa shape index (κ2) is 3.37. The summed E-state index contributed by atoms with van der Waals surface area (Å²) in [7, 11) is 0. The van der Waals surface area contributed by atoms with E-state index in [1.165, 1.54) is 5.56 Å². The Bertz CT molecular complexity index is 395. The highest BCUT2D eigenvalue weighted by Gasteiger charge is 2.35. The van der Waals surface area contributed by atoms with Crippen LogP contribution in [0.25, 0.3) is 0 Å². The van der Waals surface area contributed by atoms with Gasteiger partial charge >= 0.3 is 0 Å². The lowest BCUT2D eigenvalue weighted by Gasteiger charge is -2.29. The quantitative estimate of drug-likeness (QED) is 0.680. The lowest BCUT2D eigenvalue weighted by Crippen LogP contribution is -2.36. The van der Waals surface area contributed by atoms with Crippen molar-refractivity contribution in [2.24, 2.45) is 5.92 Å². The number of nitrogens with zero attached hydrogens (tertiary/aromatic N) is 1. The average Bonchev–Trinajstić information content (AvgIpc) is 3.11. The molecule has 0 N–H and O–H groups in total. The summed E-state index contributed by atoms with van der Waals surface area (Å²) >= 11 is 0. The van der Waals surface area contributed by atoms with Crippen LogP contribution in [0, 0.1) is 12.0 Å². The standard InChI is InChI=1S/C13H14NO/c15-13(11-7-8-11)14-9-3-5-10-4-1-2-6-12(10)14/h2,4,6,11H,3,5,7-9H2. The van der Waals surface area contributed by atoms with Crippen LogP contribution in [0.3, 0.4) is 0 Å². The van der Waals surface area contributed by atoms with E-state index < -0.39 is 0 Å². The Morgan fingerprint density at radius 2 is 2.33 bits per heavy atom. The second-order valence-corrected chi connectivity index (χ2v) is 4.42. The van der Waals surface area contributed by atoms with Crippen molar-refractivity contribution in [1.29, 1.82) is 0 Å². The SMILES string of the molecule is O=C(C1CC1)N1CCCc2c[c]ccc21. The number of hydrogen-bond donors (Lipinski definition) is 0. The first-order valence-electron chi connectivity index (χ1n) is 5.66. The third-order valence-electron chi connectivity index (χ3n) is 3.24. The fourth-order valence-electron chi connectivity index (χ4n) is 2.25. The highest BCUT2D eigenvalue weighted by molar-refractivity contribution is 5.97. The number of carbonyl (C=O) groups is 1. The molecule has 0 saturated heterocycles. The summed E-state index contributed by atoms with van der Waals surface area (Å²) in [6.45, 7) is 0.895. The molecular formula is C13H14NO. The van der Waals surface area contributed by atoms with E-state index in [2.05, 4.69) is 6.07 Å². The molecule has 2 heteroatoms. The molecule has 3 rings (SSSR count). The van der Waals surface area contributed by atoms with Crippen LogP contribution in [-0.2, 0) is 11.2 Å². The molecule has 1 heterocycles. The normalized spacial score (nSPS) is 19.9. The summed E-state index contributed by atoms with van der Waals surface area (Å²) in [5.41, 5.74) is 2.40. The van der Waals surface area contributed by atoms with Gasteiger partial charge in [-0.2, -0.15) is 0 Å². The largest absolute Gasteiger partial charge is 0.312 e. The highest BCUT2D eigenvalue weighted by Crippen LogP contribution is 2.35. The predicted octanol–water partition coefficient (Wildman–Crippen LogP) is 2.18. The summed E-state index contributed by atoms with van der Waals surface area (Å²) in [5, 5.41) is 0. The molecule has 0 atom stereocenters. The topological polar surface area (TPSA) is 20.3 Å². The fraction of sp³-hybridized carbons (Fsp3) is 0.462. The Labute approximate surface area is 89.9 Å². The van der Waals surface area contributed by atoms with Crippen LogP contribution in [0.2, 0.25) is 0 Å². The van der Waals surface area contributed by atoms with Crippen molar-refractivity contribution >= 4 is 11.6 Å². The molecule has 1 aliphatic heterocycles. The van der Waals surface area contributed by atoms with Gasteiger partial charge in [-0.15, -0.1) is 0 Å². The first kappa shape index (κ1) is 8.96. The van der Waals surface area contributed by atoms with E-state index in [9.17, 15) is 4.79 Å². The minimum atomic E-state index is 0.320. The van der Waals surface area contributed by atoms with Gasteiger partial charge in [-0.3, -0.25) is 4.79 Å². The van der Waals surface area contributed by atoms with Crippen molar-refractivity contribution in [3.05, 3.63) is 29.8 Å². The molecule has 1 radical (unpaired) electrons. The van der Waals surface area contributed by atoms with E-state index in [-0.39, 0.29) is 0 Å². The summed E-state index contributed by atoms with van der Waals surface area (Å²) in [4.78, 5) is 14.0. The summed E-state index contributed by atoms with van der Waals surface area (Å²) in [5.74, 6) is 0.655. The molecule has 1 aliphatic carbocycles. The van der Waals surface area contributed by atoms with Crippen molar-refractivity contribution in [1.82, 2.24) is 0 Å². The highest BCUT2D eigenvalue weighted by atomic mass is 16.2. The van der Waals surface area contributed by atoms with E-state index in [1.807, 2.05) is 23.1 Å².